The molecular weight excluding hydrogens is 1050 g/mol. The Labute approximate surface area is 527 Å². The average Bonchev–Trinajstić information content (AvgIpc) is 3.64. The summed E-state index contributed by atoms with van der Waals surface area (Å²) in [6.07, 6.45) is 80.9. The van der Waals surface area contributed by atoms with Gasteiger partial charge in [0.2, 0.25) is 0 Å². The average molecular weight is 1190 g/mol. The first-order chi connectivity index (χ1) is 41.8. The molecule has 496 valence electrons. The SMILES string of the molecule is CCCCCCCC=CCCCCCCCC(=O)OCC(COC(=O)CCCCCCCC=CCCCCCCCC)(COC(=O)CCCCCCCC=CCCCCCCCC)COC(=O)CCCCCCCC=CCCCCCCCCC. The highest BCUT2D eigenvalue weighted by atomic mass is 16.6. The third-order valence-corrected chi connectivity index (χ3v) is 16.7. The second-order valence-corrected chi connectivity index (χ2v) is 25.5. The minimum atomic E-state index is -1.23. The highest BCUT2D eigenvalue weighted by Gasteiger charge is 2.38. The van der Waals surface area contributed by atoms with Gasteiger partial charge < -0.3 is 18.9 Å². The molecule has 0 radical (unpaired) electrons. The quantitative estimate of drug-likeness (QED) is 0.0257. The molecule has 0 saturated carbocycles. The van der Waals surface area contributed by atoms with E-state index in [1.807, 2.05) is 0 Å². The number of carbonyl (C=O) groups excluding carboxylic acids is 4. The zero-order valence-corrected chi connectivity index (χ0v) is 56.8. The largest absolute Gasteiger partial charge is 0.465 e. The van der Waals surface area contributed by atoms with Crippen LogP contribution >= 0.6 is 0 Å². The van der Waals surface area contributed by atoms with Crippen molar-refractivity contribution >= 4 is 23.9 Å². The topological polar surface area (TPSA) is 105 Å². The Morgan fingerprint density at radius 3 is 0.518 bits per heavy atom. The maximum atomic E-state index is 13.4. The van der Waals surface area contributed by atoms with E-state index in [9.17, 15) is 19.2 Å². The van der Waals surface area contributed by atoms with E-state index in [1.165, 1.54) is 180 Å². The van der Waals surface area contributed by atoms with Gasteiger partial charge in [0, 0.05) is 25.7 Å². The summed E-state index contributed by atoms with van der Waals surface area (Å²) in [7, 11) is 0. The Morgan fingerprint density at radius 2 is 0.353 bits per heavy atom. The summed E-state index contributed by atoms with van der Waals surface area (Å²) in [6, 6.07) is 0. The van der Waals surface area contributed by atoms with Crippen LogP contribution in [0.1, 0.15) is 387 Å². The first-order valence-corrected chi connectivity index (χ1v) is 37.0. The zero-order chi connectivity index (χ0) is 61.7. The van der Waals surface area contributed by atoms with Crippen LogP contribution in [0, 0.1) is 5.41 Å². The lowest BCUT2D eigenvalue weighted by Gasteiger charge is -2.31. The second-order valence-electron chi connectivity index (χ2n) is 25.5. The molecule has 0 aromatic rings. The predicted octanol–water partition coefficient (Wildman–Crippen LogP) is 24.3. The van der Waals surface area contributed by atoms with Gasteiger partial charge in [-0.25, -0.2) is 0 Å². The van der Waals surface area contributed by atoms with Gasteiger partial charge in [-0.2, -0.15) is 0 Å². The highest BCUT2D eigenvalue weighted by Crippen LogP contribution is 2.25. The summed E-state index contributed by atoms with van der Waals surface area (Å²) in [5, 5.41) is 0. The fourth-order valence-corrected chi connectivity index (χ4v) is 10.8. The van der Waals surface area contributed by atoms with E-state index >= 15 is 0 Å². The van der Waals surface area contributed by atoms with Crippen molar-refractivity contribution in [3.63, 3.8) is 0 Å². The van der Waals surface area contributed by atoms with Crippen molar-refractivity contribution in [2.24, 2.45) is 5.41 Å². The Bertz CT molecular complexity index is 1510. The summed E-state index contributed by atoms with van der Waals surface area (Å²) in [4.78, 5) is 53.5. The maximum Gasteiger partial charge on any atom is 0.305 e. The summed E-state index contributed by atoms with van der Waals surface area (Å²) in [5.74, 6) is -1.39. The smallest absolute Gasteiger partial charge is 0.305 e. The van der Waals surface area contributed by atoms with Gasteiger partial charge in [0.05, 0.1) is 0 Å². The van der Waals surface area contributed by atoms with Crippen LogP contribution in [0.2, 0.25) is 0 Å². The summed E-state index contributed by atoms with van der Waals surface area (Å²) >= 11 is 0. The maximum absolute atomic E-state index is 13.4. The number of unbranched alkanes of at least 4 members (excludes halogenated alkanes) is 44. The molecule has 0 N–H and O–H groups in total. The van der Waals surface area contributed by atoms with Gasteiger partial charge in [-0.05, 0) is 128 Å². The van der Waals surface area contributed by atoms with Crippen LogP contribution in [-0.2, 0) is 38.1 Å². The number of hydrogen-bond donors (Lipinski definition) is 0. The number of esters is 4. The van der Waals surface area contributed by atoms with Crippen LogP contribution in [0.15, 0.2) is 48.6 Å². The number of hydrogen-bond acceptors (Lipinski definition) is 8. The molecule has 0 amide bonds. The van der Waals surface area contributed by atoms with Crippen molar-refractivity contribution in [3.05, 3.63) is 48.6 Å². The Hall–Kier alpha value is -3.16. The normalized spacial score (nSPS) is 12.6. The molecule has 8 nitrogen and oxygen atoms in total. The molecule has 0 fully saturated rings. The van der Waals surface area contributed by atoms with Crippen molar-refractivity contribution in [1.29, 1.82) is 0 Å². The van der Waals surface area contributed by atoms with Gasteiger partial charge >= 0.3 is 23.9 Å². The van der Waals surface area contributed by atoms with E-state index in [-0.39, 0.29) is 76.0 Å². The van der Waals surface area contributed by atoms with Gasteiger partial charge in [0.25, 0.3) is 0 Å². The van der Waals surface area contributed by atoms with Crippen molar-refractivity contribution < 1.29 is 38.1 Å². The Kier molecular flexibility index (Phi) is 65.8. The minimum absolute atomic E-state index is 0.182. The second kappa shape index (κ2) is 68.3. The molecule has 0 spiro atoms. The van der Waals surface area contributed by atoms with Crippen LogP contribution in [0.5, 0.6) is 0 Å². The summed E-state index contributed by atoms with van der Waals surface area (Å²) in [5.41, 5.74) is -1.23. The van der Waals surface area contributed by atoms with E-state index in [0.29, 0.717) is 0 Å². The van der Waals surface area contributed by atoms with Crippen LogP contribution in [0.3, 0.4) is 0 Å². The van der Waals surface area contributed by atoms with Gasteiger partial charge in [0.15, 0.2) is 0 Å². The lowest BCUT2D eigenvalue weighted by Crippen LogP contribution is -2.44. The molecule has 0 aliphatic heterocycles. The fraction of sp³-hybridized carbons (Fsp3) is 0.844. The van der Waals surface area contributed by atoms with Crippen molar-refractivity contribution in [1.82, 2.24) is 0 Å². The number of rotatable bonds is 68. The molecule has 0 aromatic heterocycles. The molecule has 0 aliphatic carbocycles. The van der Waals surface area contributed by atoms with Crippen LogP contribution in [0.4, 0.5) is 0 Å². The molecule has 0 bridgehead atoms. The number of ether oxygens (including phenoxy) is 4. The van der Waals surface area contributed by atoms with Crippen molar-refractivity contribution in [2.75, 3.05) is 26.4 Å². The highest BCUT2D eigenvalue weighted by molar-refractivity contribution is 5.71. The minimum Gasteiger partial charge on any atom is -0.465 e. The van der Waals surface area contributed by atoms with Crippen molar-refractivity contribution in [2.45, 2.75) is 387 Å². The monoisotopic (exact) mass is 1190 g/mol. The molecule has 0 aromatic carbocycles. The van der Waals surface area contributed by atoms with E-state index in [0.717, 1.165) is 154 Å². The zero-order valence-electron chi connectivity index (χ0n) is 56.8. The van der Waals surface area contributed by atoms with Gasteiger partial charge in [-0.1, -0.05) is 282 Å². The third-order valence-electron chi connectivity index (χ3n) is 16.7. The van der Waals surface area contributed by atoms with Crippen LogP contribution in [-0.4, -0.2) is 50.3 Å². The van der Waals surface area contributed by atoms with Gasteiger partial charge in [-0.15, -0.1) is 0 Å². The molecule has 85 heavy (non-hydrogen) atoms. The number of carbonyl (C=O) groups is 4. The van der Waals surface area contributed by atoms with Crippen LogP contribution < -0.4 is 0 Å². The van der Waals surface area contributed by atoms with Crippen molar-refractivity contribution in [3.8, 4) is 0 Å². The predicted molar refractivity (Wildman–Crippen MR) is 364 cm³/mol. The van der Waals surface area contributed by atoms with E-state index in [2.05, 4.69) is 76.3 Å². The lowest BCUT2D eigenvalue weighted by atomic mass is 9.92. The first kappa shape index (κ1) is 81.8. The molecule has 0 atom stereocenters. The fourth-order valence-electron chi connectivity index (χ4n) is 10.8. The standard InChI is InChI=1S/C77H140O8/c1-5-9-13-17-21-25-29-33-37-40-44-48-52-56-60-64-68-76(81)85-72-77(69-82-73(78)65-61-57-53-49-45-41-36-32-28-24-20-16-12-8-4,70-83-74(79)66-62-58-54-50-46-42-38-34-30-26-22-18-14-10-6-2)71-84-75(80)67-63-59-55-51-47-43-39-35-31-27-23-19-15-11-7-3/h32,34-40H,5-31,33,41-72H2,1-4H3. The summed E-state index contributed by atoms with van der Waals surface area (Å²) in [6.45, 7) is 8.32. The first-order valence-electron chi connectivity index (χ1n) is 37.0. The molecule has 0 unspecified atom stereocenters. The van der Waals surface area contributed by atoms with Crippen LogP contribution in [0.25, 0.3) is 0 Å². The van der Waals surface area contributed by atoms with Gasteiger partial charge in [-0.3, -0.25) is 19.2 Å². The Balaban J connectivity index is 5.51. The van der Waals surface area contributed by atoms with E-state index in [1.54, 1.807) is 0 Å². The third kappa shape index (κ3) is 63.7. The lowest BCUT2D eigenvalue weighted by molar-refractivity contribution is -0.170. The molecule has 0 aliphatic rings. The molecular formula is C77H140O8. The molecule has 0 heterocycles. The molecule has 0 rings (SSSR count). The summed E-state index contributed by atoms with van der Waals surface area (Å²) < 4.78 is 23.8. The van der Waals surface area contributed by atoms with E-state index < -0.39 is 5.41 Å². The molecule has 0 saturated heterocycles. The number of allylic oxidation sites excluding steroid dienone is 8. The van der Waals surface area contributed by atoms with E-state index in [4.69, 9.17) is 18.9 Å². The van der Waals surface area contributed by atoms with Gasteiger partial charge in [0.1, 0.15) is 31.8 Å². The molecule has 8 heteroatoms. The Morgan fingerprint density at radius 1 is 0.212 bits per heavy atom.